The smallest absolute Gasteiger partial charge is 0.311 e. The third kappa shape index (κ3) is 3.80. The van der Waals surface area contributed by atoms with Crippen molar-refractivity contribution in [1.29, 1.82) is 0 Å². The number of nitro groups is 1. The molecule has 104 valence electrons. The number of nitro benzene ring substituents is 1. The lowest BCUT2D eigenvalue weighted by molar-refractivity contribution is -0.386. The zero-order chi connectivity index (χ0) is 14.5. The van der Waals surface area contributed by atoms with Crippen molar-refractivity contribution in [2.45, 2.75) is 11.9 Å². The van der Waals surface area contributed by atoms with E-state index in [4.69, 9.17) is 4.74 Å². The first-order chi connectivity index (χ1) is 9.60. The van der Waals surface area contributed by atoms with Gasteiger partial charge < -0.3 is 4.74 Å². The second kappa shape index (κ2) is 6.85. The quantitative estimate of drug-likeness (QED) is 0.410. The highest BCUT2D eigenvalue weighted by atomic mass is 79.9. The molecule has 2 aromatic carbocycles. The maximum absolute atomic E-state index is 11.0. The van der Waals surface area contributed by atoms with E-state index in [1.54, 1.807) is 12.1 Å². The van der Waals surface area contributed by atoms with E-state index < -0.39 is 4.92 Å². The summed E-state index contributed by atoms with van der Waals surface area (Å²) in [6, 6.07) is 12.6. The van der Waals surface area contributed by atoms with Crippen LogP contribution >= 0.6 is 31.9 Å². The van der Waals surface area contributed by atoms with Gasteiger partial charge >= 0.3 is 5.69 Å². The molecule has 0 aliphatic heterocycles. The van der Waals surface area contributed by atoms with E-state index in [2.05, 4.69) is 31.9 Å². The maximum Gasteiger partial charge on any atom is 0.311 e. The van der Waals surface area contributed by atoms with Crippen LogP contribution in [0.1, 0.15) is 11.1 Å². The average molecular weight is 401 g/mol. The number of ether oxygens (including phenoxy) is 1. The van der Waals surface area contributed by atoms with Crippen LogP contribution in [-0.4, -0.2) is 4.92 Å². The molecule has 0 saturated heterocycles. The van der Waals surface area contributed by atoms with Crippen molar-refractivity contribution in [3.05, 3.63) is 68.2 Å². The molecular weight excluding hydrogens is 390 g/mol. The third-order valence-corrected chi connectivity index (χ3v) is 3.86. The van der Waals surface area contributed by atoms with Crippen LogP contribution in [0.15, 0.2) is 46.9 Å². The lowest BCUT2D eigenvalue weighted by atomic mass is 10.2. The molecule has 2 aromatic rings. The monoisotopic (exact) mass is 399 g/mol. The first kappa shape index (κ1) is 15.0. The van der Waals surface area contributed by atoms with E-state index in [-0.39, 0.29) is 11.4 Å². The van der Waals surface area contributed by atoms with Crippen molar-refractivity contribution in [3.63, 3.8) is 0 Å². The van der Waals surface area contributed by atoms with E-state index >= 15 is 0 Å². The molecule has 0 aliphatic carbocycles. The topological polar surface area (TPSA) is 52.4 Å². The fraction of sp³-hybridized carbons (Fsp3) is 0.143. The molecule has 2 rings (SSSR count). The zero-order valence-corrected chi connectivity index (χ0v) is 13.6. The second-order valence-electron chi connectivity index (χ2n) is 4.11. The normalized spacial score (nSPS) is 10.3. The van der Waals surface area contributed by atoms with E-state index in [0.717, 1.165) is 15.6 Å². The van der Waals surface area contributed by atoms with Crippen molar-refractivity contribution >= 4 is 37.5 Å². The number of nitrogens with zero attached hydrogens (tertiary/aromatic N) is 1. The fourth-order valence-electron chi connectivity index (χ4n) is 1.65. The minimum absolute atomic E-state index is 0.0148. The largest absolute Gasteiger partial charge is 0.482 e. The number of alkyl halides is 1. The number of hydrogen-bond donors (Lipinski definition) is 0. The van der Waals surface area contributed by atoms with Gasteiger partial charge in [-0.25, -0.2) is 0 Å². The van der Waals surface area contributed by atoms with E-state index in [1.165, 1.54) is 6.07 Å². The standard InChI is InChI=1S/C14H11Br2NO3/c15-8-11-3-6-14(13(7-11)17(18)19)20-9-10-1-4-12(16)5-2-10/h1-7H,8-9H2. The van der Waals surface area contributed by atoms with Gasteiger partial charge in [0.2, 0.25) is 0 Å². The van der Waals surface area contributed by atoms with Gasteiger partial charge in [0, 0.05) is 15.9 Å². The minimum atomic E-state index is -0.428. The Balaban J connectivity index is 2.16. The SMILES string of the molecule is O=[N+]([O-])c1cc(CBr)ccc1OCc1ccc(Br)cc1. The molecule has 0 fully saturated rings. The van der Waals surface area contributed by atoms with Crippen molar-refractivity contribution < 1.29 is 9.66 Å². The van der Waals surface area contributed by atoms with Crippen LogP contribution in [0.3, 0.4) is 0 Å². The van der Waals surface area contributed by atoms with Gasteiger partial charge in [0.05, 0.1) is 4.92 Å². The molecule has 0 N–H and O–H groups in total. The third-order valence-electron chi connectivity index (χ3n) is 2.68. The first-order valence-electron chi connectivity index (χ1n) is 5.80. The Kier molecular flexibility index (Phi) is 5.14. The molecule has 0 aliphatic rings. The summed E-state index contributed by atoms with van der Waals surface area (Å²) < 4.78 is 6.53. The van der Waals surface area contributed by atoms with Crippen LogP contribution in [0.4, 0.5) is 5.69 Å². The molecule has 0 heterocycles. The maximum atomic E-state index is 11.0. The lowest BCUT2D eigenvalue weighted by Gasteiger charge is -2.08. The van der Waals surface area contributed by atoms with Crippen molar-refractivity contribution in [1.82, 2.24) is 0 Å². The predicted octanol–water partition coefficient (Wildman–Crippen LogP) is 4.83. The predicted molar refractivity (Wildman–Crippen MR) is 84.2 cm³/mol. The number of hydrogen-bond acceptors (Lipinski definition) is 3. The highest BCUT2D eigenvalue weighted by Crippen LogP contribution is 2.29. The van der Waals surface area contributed by atoms with Gasteiger partial charge in [-0.05, 0) is 29.3 Å². The van der Waals surface area contributed by atoms with Crippen molar-refractivity contribution in [3.8, 4) is 5.75 Å². The molecule has 4 nitrogen and oxygen atoms in total. The van der Waals surface area contributed by atoms with Crippen LogP contribution < -0.4 is 4.74 Å². The summed E-state index contributed by atoms with van der Waals surface area (Å²) in [4.78, 5) is 10.6. The second-order valence-corrected chi connectivity index (χ2v) is 5.58. The van der Waals surface area contributed by atoms with Crippen LogP contribution in [0.5, 0.6) is 5.75 Å². The molecule has 0 saturated carbocycles. The summed E-state index contributed by atoms with van der Waals surface area (Å²) in [5.41, 5.74) is 1.78. The Labute approximate surface area is 133 Å². The van der Waals surface area contributed by atoms with E-state index in [0.29, 0.717) is 11.9 Å². The van der Waals surface area contributed by atoms with Gasteiger partial charge in [-0.3, -0.25) is 10.1 Å². The van der Waals surface area contributed by atoms with Crippen molar-refractivity contribution in [2.24, 2.45) is 0 Å². The molecule has 0 bridgehead atoms. The van der Waals surface area contributed by atoms with Crippen molar-refractivity contribution in [2.75, 3.05) is 0 Å². The van der Waals surface area contributed by atoms with Crippen LogP contribution in [-0.2, 0) is 11.9 Å². The first-order valence-corrected chi connectivity index (χ1v) is 7.72. The molecule has 6 heteroatoms. The van der Waals surface area contributed by atoms with Gasteiger partial charge in [0.25, 0.3) is 0 Å². The molecule has 0 aromatic heterocycles. The van der Waals surface area contributed by atoms with Gasteiger partial charge in [-0.2, -0.15) is 0 Å². The molecular formula is C14H11Br2NO3. The van der Waals surface area contributed by atoms with E-state index in [9.17, 15) is 10.1 Å². The van der Waals surface area contributed by atoms with Gasteiger partial charge in [0.15, 0.2) is 5.75 Å². The minimum Gasteiger partial charge on any atom is -0.482 e. The van der Waals surface area contributed by atoms with Crippen LogP contribution in [0, 0.1) is 10.1 Å². The molecule has 0 atom stereocenters. The van der Waals surface area contributed by atoms with Crippen LogP contribution in [0.25, 0.3) is 0 Å². The number of benzene rings is 2. The number of halogens is 2. The highest BCUT2D eigenvalue weighted by Gasteiger charge is 2.15. The highest BCUT2D eigenvalue weighted by molar-refractivity contribution is 9.10. The summed E-state index contributed by atoms with van der Waals surface area (Å²) >= 11 is 6.63. The number of rotatable bonds is 5. The Morgan fingerprint density at radius 2 is 1.75 bits per heavy atom. The molecule has 0 spiro atoms. The summed E-state index contributed by atoms with van der Waals surface area (Å²) in [6.07, 6.45) is 0. The summed E-state index contributed by atoms with van der Waals surface area (Å²) in [5, 5.41) is 11.6. The van der Waals surface area contributed by atoms with Gasteiger partial charge in [0.1, 0.15) is 6.61 Å². The molecule has 20 heavy (non-hydrogen) atoms. The lowest BCUT2D eigenvalue weighted by Crippen LogP contribution is -1.99. The fourth-order valence-corrected chi connectivity index (χ4v) is 2.27. The summed E-state index contributed by atoms with van der Waals surface area (Å²) in [7, 11) is 0. The molecule has 0 radical (unpaired) electrons. The Hall–Kier alpha value is -1.40. The summed E-state index contributed by atoms with van der Waals surface area (Å²) in [5.74, 6) is 0.280. The Bertz CT molecular complexity index is 614. The van der Waals surface area contributed by atoms with E-state index in [1.807, 2.05) is 24.3 Å². The van der Waals surface area contributed by atoms with Gasteiger partial charge in [-0.15, -0.1) is 0 Å². The average Bonchev–Trinajstić information content (AvgIpc) is 2.46. The Morgan fingerprint density at radius 1 is 1.10 bits per heavy atom. The molecule has 0 amide bonds. The van der Waals surface area contributed by atoms with Gasteiger partial charge in [-0.1, -0.05) is 50.1 Å². The van der Waals surface area contributed by atoms with Crippen LogP contribution in [0.2, 0.25) is 0 Å². The molecule has 0 unspecified atom stereocenters. The Morgan fingerprint density at radius 3 is 2.35 bits per heavy atom. The summed E-state index contributed by atoms with van der Waals surface area (Å²) in [6.45, 7) is 0.293. The zero-order valence-electron chi connectivity index (χ0n) is 10.4.